The molecule has 4 heteroatoms. The number of carboxylic acid groups (broad SMARTS) is 1. The van der Waals surface area contributed by atoms with Crippen molar-refractivity contribution in [3.05, 3.63) is 41.2 Å². The molecule has 4 nitrogen and oxygen atoms in total. The van der Waals surface area contributed by atoms with E-state index >= 15 is 0 Å². The third-order valence-corrected chi connectivity index (χ3v) is 3.33. The monoisotopic (exact) mass is 258 g/mol. The van der Waals surface area contributed by atoms with Crippen molar-refractivity contribution in [1.29, 1.82) is 0 Å². The lowest BCUT2D eigenvalue weighted by molar-refractivity contribution is 0.0697. The molecule has 0 atom stereocenters. The molecule has 0 aliphatic heterocycles. The van der Waals surface area contributed by atoms with E-state index < -0.39 is 5.97 Å². The molecule has 19 heavy (non-hydrogen) atoms. The third kappa shape index (κ3) is 2.38. The molecule has 0 aliphatic carbocycles. The van der Waals surface area contributed by atoms with Gasteiger partial charge in [0.25, 0.3) is 0 Å². The number of hydrogen-bond donors (Lipinski definition) is 1. The van der Waals surface area contributed by atoms with Crippen LogP contribution >= 0.6 is 0 Å². The highest BCUT2D eigenvalue weighted by Gasteiger charge is 2.15. The van der Waals surface area contributed by atoms with Gasteiger partial charge >= 0.3 is 5.97 Å². The van der Waals surface area contributed by atoms with Crippen LogP contribution in [0.25, 0.3) is 11.1 Å². The van der Waals surface area contributed by atoms with Crippen LogP contribution in [0.4, 0.5) is 0 Å². The first-order chi connectivity index (χ1) is 9.08. The molecule has 1 heterocycles. The van der Waals surface area contributed by atoms with Gasteiger partial charge in [0.05, 0.1) is 11.3 Å². The smallest absolute Gasteiger partial charge is 0.335 e. The second kappa shape index (κ2) is 5.26. The molecule has 0 aliphatic rings. The predicted molar refractivity (Wildman–Crippen MR) is 74.4 cm³/mol. The van der Waals surface area contributed by atoms with Crippen LogP contribution in [0.3, 0.4) is 0 Å². The Morgan fingerprint density at radius 1 is 1.21 bits per heavy atom. The maximum Gasteiger partial charge on any atom is 0.335 e. The topological polar surface area (TPSA) is 55.1 Å². The summed E-state index contributed by atoms with van der Waals surface area (Å²) >= 11 is 0. The van der Waals surface area contributed by atoms with E-state index in [1.54, 1.807) is 12.1 Å². The van der Waals surface area contributed by atoms with E-state index in [0.717, 1.165) is 29.7 Å². The molecular weight excluding hydrogens is 240 g/mol. The van der Waals surface area contributed by atoms with Gasteiger partial charge < -0.3 is 5.11 Å². The summed E-state index contributed by atoms with van der Waals surface area (Å²) in [6.45, 7) is 4.18. The number of benzene rings is 1. The van der Waals surface area contributed by atoms with Crippen LogP contribution in [-0.4, -0.2) is 20.9 Å². The SMILES string of the molecule is CCc1nn(C)c(CC)c1-c1ccc(C(=O)O)cc1. The summed E-state index contributed by atoms with van der Waals surface area (Å²) < 4.78 is 1.92. The van der Waals surface area contributed by atoms with Gasteiger partial charge in [-0.3, -0.25) is 4.68 Å². The van der Waals surface area contributed by atoms with Crippen molar-refractivity contribution >= 4 is 5.97 Å². The molecular formula is C15H18N2O2. The number of hydrogen-bond acceptors (Lipinski definition) is 2. The summed E-state index contributed by atoms with van der Waals surface area (Å²) in [6, 6.07) is 7.00. The Hall–Kier alpha value is -2.10. The zero-order chi connectivity index (χ0) is 14.0. The standard InChI is InChI=1S/C15H18N2O2/c1-4-12-14(13(5-2)17(3)16-12)10-6-8-11(9-7-10)15(18)19/h6-9H,4-5H2,1-3H3,(H,18,19). The first-order valence-electron chi connectivity index (χ1n) is 6.46. The molecule has 0 spiro atoms. The number of rotatable bonds is 4. The van der Waals surface area contributed by atoms with Gasteiger partial charge in [-0.05, 0) is 30.5 Å². The molecule has 100 valence electrons. The first-order valence-corrected chi connectivity index (χ1v) is 6.46. The average molecular weight is 258 g/mol. The van der Waals surface area contributed by atoms with Crippen LogP contribution in [0.5, 0.6) is 0 Å². The second-order valence-corrected chi connectivity index (χ2v) is 4.48. The average Bonchev–Trinajstić information content (AvgIpc) is 2.74. The highest BCUT2D eigenvalue weighted by atomic mass is 16.4. The highest BCUT2D eigenvalue weighted by molar-refractivity contribution is 5.88. The van der Waals surface area contributed by atoms with E-state index in [4.69, 9.17) is 5.11 Å². The molecule has 2 rings (SSSR count). The van der Waals surface area contributed by atoms with Crippen molar-refractivity contribution in [2.75, 3.05) is 0 Å². The summed E-state index contributed by atoms with van der Waals surface area (Å²) in [7, 11) is 1.95. The number of aromatic nitrogens is 2. The molecule has 0 fully saturated rings. The quantitative estimate of drug-likeness (QED) is 0.917. The molecule has 1 N–H and O–H groups in total. The third-order valence-electron chi connectivity index (χ3n) is 3.33. The second-order valence-electron chi connectivity index (χ2n) is 4.48. The van der Waals surface area contributed by atoms with Gasteiger partial charge in [0.2, 0.25) is 0 Å². The van der Waals surface area contributed by atoms with Gasteiger partial charge in [-0.2, -0.15) is 5.10 Å². The number of carbonyl (C=O) groups is 1. The Labute approximate surface area is 112 Å². The van der Waals surface area contributed by atoms with E-state index in [2.05, 4.69) is 18.9 Å². The minimum Gasteiger partial charge on any atom is -0.478 e. The Bertz CT molecular complexity index is 597. The fourth-order valence-electron chi connectivity index (χ4n) is 2.39. The van der Waals surface area contributed by atoms with E-state index in [9.17, 15) is 4.79 Å². The summed E-state index contributed by atoms with van der Waals surface area (Å²) in [5.41, 5.74) is 4.72. The van der Waals surface area contributed by atoms with Gasteiger partial charge in [0.15, 0.2) is 0 Å². The Balaban J connectivity index is 2.54. The van der Waals surface area contributed by atoms with Crippen LogP contribution in [-0.2, 0) is 19.9 Å². The Morgan fingerprint density at radius 2 is 1.84 bits per heavy atom. The Kier molecular flexibility index (Phi) is 3.69. The largest absolute Gasteiger partial charge is 0.478 e. The first kappa shape index (κ1) is 13.3. The molecule has 2 aromatic rings. The van der Waals surface area contributed by atoms with Gasteiger partial charge in [-0.25, -0.2) is 4.79 Å². The van der Waals surface area contributed by atoms with Crippen LogP contribution in [0.2, 0.25) is 0 Å². The van der Waals surface area contributed by atoms with Crippen molar-refractivity contribution < 1.29 is 9.90 Å². The lowest BCUT2D eigenvalue weighted by atomic mass is 9.99. The molecule has 0 radical (unpaired) electrons. The molecule has 1 aromatic heterocycles. The molecule has 1 aromatic carbocycles. The normalized spacial score (nSPS) is 10.7. The maximum absolute atomic E-state index is 10.9. The van der Waals surface area contributed by atoms with Crippen LogP contribution in [0.15, 0.2) is 24.3 Å². The van der Waals surface area contributed by atoms with Crippen molar-refractivity contribution in [3.63, 3.8) is 0 Å². The van der Waals surface area contributed by atoms with Gasteiger partial charge in [-0.1, -0.05) is 26.0 Å². The number of aromatic carboxylic acids is 1. The van der Waals surface area contributed by atoms with Crippen molar-refractivity contribution in [2.45, 2.75) is 26.7 Å². The van der Waals surface area contributed by atoms with Gasteiger partial charge in [0.1, 0.15) is 0 Å². The highest BCUT2D eigenvalue weighted by Crippen LogP contribution is 2.28. The van der Waals surface area contributed by atoms with Crippen molar-refractivity contribution in [3.8, 4) is 11.1 Å². The minimum absolute atomic E-state index is 0.309. The summed E-state index contributed by atoms with van der Waals surface area (Å²) in [5, 5.41) is 13.5. The van der Waals surface area contributed by atoms with E-state index in [1.165, 1.54) is 5.69 Å². The zero-order valence-electron chi connectivity index (χ0n) is 11.5. The number of carboxylic acids is 1. The molecule has 0 amide bonds. The summed E-state index contributed by atoms with van der Waals surface area (Å²) in [5.74, 6) is -0.899. The summed E-state index contributed by atoms with van der Waals surface area (Å²) in [4.78, 5) is 10.9. The number of aryl methyl sites for hydroxylation is 2. The molecule has 0 saturated carbocycles. The van der Waals surface area contributed by atoms with Gasteiger partial charge in [-0.15, -0.1) is 0 Å². The van der Waals surface area contributed by atoms with Crippen LogP contribution in [0, 0.1) is 0 Å². The maximum atomic E-state index is 10.9. The molecule has 0 saturated heterocycles. The van der Waals surface area contributed by atoms with Crippen LogP contribution in [0.1, 0.15) is 35.6 Å². The fourth-order valence-corrected chi connectivity index (χ4v) is 2.39. The lowest BCUT2D eigenvalue weighted by Gasteiger charge is -2.06. The predicted octanol–water partition coefficient (Wildman–Crippen LogP) is 2.91. The summed E-state index contributed by atoms with van der Waals surface area (Å²) in [6.07, 6.45) is 1.77. The molecule has 0 unspecified atom stereocenters. The van der Waals surface area contributed by atoms with Gasteiger partial charge in [0, 0.05) is 18.3 Å². The van der Waals surface area contributed by atoms with E-state index in [1.807, 2.05) is 23.9 Å². The molecule has 0 bridgehead atoms. The van der Waals surface area contributed by atoms with E-state index in [0.29, 0.717) is 5.56 Å². The van der Waals surface area contributed by atoms with Crippen molar-refractivity contribution in [2.24, 2.45) is 7.05 Å². The fraction of sp³-hybridized carbons (Fsp3) is 0.333. The van der Waals surface area contributed by atoms with Crippen molar-refractivity contribution in [1.82, 2.24) is 9.78 Å². The van der Waals surface area contributed by atoms with E-state index in [-0.39, 0.29) is 0 Å². The lowest BCUT2D eigenvalue weighted by Crippen LogP contribution is -1.98. The minimum atomic E-state index is -0.899. The number of nitrogens with zero attached hydrogens (tertiary/aromatic N) is 2. The van der Waals surface area contributed by atoms with Crippen LogP contribution < -0.4 is 0 Å². The zero-order valence-corrected chi connectivity index (χ0v) is 11.5. The Morgan fingerprint density at radius 3 is 2.32 bits per heavy atom.